The predicted molar refractivity (Wildman–Crippen MR) is 82.5 cm³/mol. The van der Waals surface area contributed by atoms with E-state index >= 15 is 0 Å². The molecule has 4 nitrogen and oxygen atoms in total. The molecule has 0 aliphatic heterocycles. The smallest absolute Gasteiger partial charge is 0.0954 e. The second-order valence-electron chi connectivity index (χ2n) is 5.17. The van der Waals surface area contributed by atoms with Crippen LogP contribution in [0.1, 0.15) is 47.8 Å². The molecule has 0 fully saturated rings. The first kappa shape index (κ1) is 15.9. The maximum Gasteiger partial charge on any atom is 0.0954 e. The van der Waals surface area contributed by atoms with Gasteiger partial charge in [0.15, 0.2) is 0 Å². The molecule has 0 aromatic carbocycles. The van der Waals surface area contributed by atoms with E-state index in [1.807, 2.05) is 11.3 Å². The van der Waals surface area contributed by atoms with Gasteiger partial charge >= 0.3 is 0 Å². The molecular formula is C15H26N2O2S. The number of rotatable bonds is 9. The number of aryl methyl sites for hydroxylation is 1. The van der Waals surface area contributed by atoms with E-state index in [0.29, 0.717) is 19.3 Å². The van der Waals surface area contributed by atoms with Crippen molar-refractivity contribution in [3.05, 3.63) is 15.6 Å². The van der Waals surface area contributed by atoms with E-state index < -0.39 is 0 Å². The van der Waals surface area contributed by atoms with Gasteiger partial charge in [0.05, 0.1) is 36.6 Å². The molecule has 0 radical (unpaired) electrons. The Morgan fingerprint density at radius 3 is 3.05 bits per heavy atom. The molecule has 5 heteroatoms. The van der Waals surface area contributed by atoms with Crippen LogP contribution in [0.4, 0.5) is 0 Å². The standard InChI is InChI=1S/C15H26N2O2S/c1-3-8-16-12-5-4-6-13-15(12)17-14(20-13)7-9-19-11-10-18-2/h12,16H,3-11H2,1-2H3. The summed E-state index contributed by atoms with van der Waals surface area (Å²) in [5.41, 5.74) is 1.31. The molecule has 0 amide bonds. The lowest BCUT2D eigenvalue weighted by atomic mass is 9.97. The Bertz CT molecular complexity index is 395. The molecule has 1 unspecified atom stereocenters. The third-order valence-corrected chi connectivity index (χ3v) is 4.72. The van der Waals surface area contributed by atoms with Crippen LogP contribution in [0.25, 0.3) is 0 Å². The van der Waals surface area contributed by atoms with E-state index in [-0.39, 0.29) is 0 Å². The summed E-state index contributed by atoms with van der Waals surface area (Å²) in [6.07, 6.45) is 5.79. The molecule has 1 aromatic rings. The highest BCUT2D eigenvalue weighted by atomic mass is 32.1. The van der Waals surface area contributed by atoms with Gasteiger partial charge in [0.1, 0.15) is 0 Å². The van der Waals surface area contributed by atoms with Gasteiger partial charge in [0, 0.05) is 18.4 Å². The number of hydrogen-bond donors (Lipinski definition) is 1. The second kappa shape index (κ2) is 8.72. The van der Waals surface area contributed by atoms with Gasteiger partial charge in [-0.3, -0.25) is 0 Å². The largest absolute Gasteiger partial charge is 0.382 e. The van der Waals surface area contributed by atoms with E-state index in [0.717, 1.165) is 19.6 Å². The van der Waals surface area contributed by atoms with Gasteiger partial charge in [-0.15, -0.1) is 11.3 Å². The summed E-state index contributed by atoms with van der Waals surface area (Å²) in [7, 11) is 1.70. The number of nitrogens with zero attached hydrogens (tertiary/aromatic N) is 1. The zero-order chi connectivity index (χ0) is 14.2. The zero-order valence-corrected chi connectivity index (χ0v) is 13.4. The lowest BCUT2D eigenvalue weighted by Crippen LogP contribution is -2.25. The van der Waals surface area contributed by atoms with Crippen LogP contribution < -0.4 is 5.32 Å². The Morgan fingerprint density at radius 2 is 2.25 bits per heavy atom. The van der Waals surface area contributed by atoms with Gasteiger partial charge < -0.3 is 14.8 Å². The normalized spacial score (nSPS) is 18.2. The first-order valence-electron chi connectivity index (χ1n) is 7.63. The average Bonchev–Trinajstić information content (AvgIpc) is 2.88. The second-order valence-corrected chi connectivity index (χ2v) is 6.34. The minimum atomic E-state index is 0.470. The summed E-state index contributed by atoms with van der Waals surface area (Å²) in [4.78, 5) is 6.33. The van der Waals surface area contributed by atoms with E-state index in [1.165, 1.54) is 41.3 Å². The van der Waals surface area contributed by atoms with E-state index in [9.17, 15) is 0 Å². The highest BCUT2D eigenvalue weighted by molar-refractivity contribution is 7.11. The van der Waals surface area contributed by atoms with Crippen LogP contribution in [0.15, 0.2) is 0 Å². The molecule has 2 rings (SSSR count). The van der Waals surface area contributed by atoms with Crippen molar-refractivity contribution in [1.82, 2.24) is 10.3 Å². The summed E-state index contributed by atoms with van der Waals surface area (Å²) in [6.45, 7) is 5.36. The number of fused-ring (bicyclic) bond motifs is 1. The van der Waals surface area contributed by atoms with Crippen LogP contribution in [0.5, 0.6) is 0 Å². The van der Waals surface area contributed by atoms with Gasteiger partial charge in [-0.2, -0.15) is 0 Å². The summed E-state index contributed by atoms with van der Waals surface area (Å²) < 4.78 is 10.5. The fourth-order valence-electron chi connectivity index (χ4n) is 2.50. The fraction of sp³-hybridized carbons (Fsp3) is 0.800. The highest BCUT2D eigenvalue weighted by Gasteiger charge is 2.23. The Hall–Kier alpha value is -0.490. The monoisotopic (exact) mass is 298 g/mol. The average molecular weight is 298 g/mol. The minimum Gasteiger partial charge on any atom is -0.382 e. The molecule has 114 valence electrons. The molecule has 1 heterocycles. The third-order valence-electron chi connectivity index (χ3n) is 3.53. The molecule has 0 spiro atoms. The Balaban J connectivity index is 1.85. The number of ether oxygens (including phenoxy) is 2. The predicted octanol–water partition coefficient (Wildman–Crippen LogP) is 2.73. The highest BCUT2D eigenvalue weighted by Crippen LogP contribution is 2.33. The first-order valence-corrected chi connectivity index (χ1v) is 8.45. The zero-order valence-electron chi connectivity index (χ0n) is 12.6. The number of methoxy groups -OCH3 is 1. The number of nitrogens with one attached hydrogen (secondary N) is 1. The molecule has 20 heavy (non-hydrogen) atoms. The van der Waals surface area contributed by atoms with Crippen LogP contribution in [-0.4, -0.2) is 38.5 Å². The van der Waals surface area contributed by atoms with Crippen molar-refractivity contribution >= 4 is 11.3 Å². The van der Waals surface area contributed by atoms with Crippen molar-refractivity contribution in [2.75, 3.05) is 33.5 Å². The fourth-order valence-corrected chi connectivity index (χ4v) is 3.65. The maximum atomic E-state index is 5.53. The Kier molecular flexibility index (Phi) is 6.93. The number of aromatic nitrogens is 1. The van der Waals surface area contributed by atoms with E-state index in [4.69, 9.17) is 14.5 Å². The van der Waals surface area contributed by atoms with Crippen molar-refractivity contribution in [1.29, 1.82) is 0 Å². The maximum absolute atomic E-state index is 5.53. The first-order chi connectivity index (χ1) is 9.85. The van der Waals surface area contributed by atoms with Crippen LogP contribution in [-0.2, 0) is 22.3 Å². The quantitative estimate of drug-likeness (QED) is 0.712. The summed E-state index contributed by atoms with van der Waals surface area (Å²) in [5.74, 6) is 0. The van der Waals surface area contributed by atoms with Crippen LogP contribution >= 0.6 is 11.3 Å². The summed E-state index contributed by atoms with van der Waals surface area (Å²) in [5, 5.41) is 4.84. The van der Waals surface area contributed by atoms with Gasteiger partial charge in [0.2, 0.25) is 0 Å². The molecule has 1 aliphatic rings. The Morgan fingerprint density at radius 1 is 1.35 bits per heavy atom. The summed E-state index contributed by atoms with van der Waals surface area (Å²) in [6, 6.07) is 0.470. The lowest BCUT2D eigenvalue weighted by molar-refractivity contribution is 0.0722. The van der Waals surface area contributed by atoms with Gasteiger partial charge in [-0.1, -0.05) is 6.92 Å². The Labute approximate surface area is 125 Å². The van der Waals surface area contributed by atoms with Gasteiger partial charge in [-0.25, -0.2) is 4.98 Å². The SMILES string of the molecule is CCCNC1CCCc2sc(CCOCCOC)nc21. The third kappa shape index (κ3) is 4.52. The minimum absolute atomic E-state index is 0.470. The van der Waals surface area contributed by atoms with Crippen molar-refractivity contribution in [2.45, 2.75) is 45.1 Å². The van der Waals surface area contributed by atoms with Gasteiger partial charge in [-0.05, 0) is 32.2 Å². The molecular weight excluding hydrogens is 272 g/mol. The number of hydrogen-bond acceptors (Lipinski definition) is 5. The van der Waals surface area contributed by atoms with Crippen molar-refractivity contribution < 1.29 is 9.47 Å². The molecule has 1 N–H and O–H groups in total. The van der Waals surface area contributed by atoms with Crippen molar-refractivity contribution in [3.8, 4) is 0 Å². The van der Waals surface area contributed by atoms with Crippen molar-refractivity contribution in [2.24, 2.45) is 0 Å². The van der Waals surface area contributed by atoms with Crippen molar-refractivity contribution in [3.63, 3.8) is 0 Å². The molecule has 0 saturated heterocycles. The molecule has 1 aromatic heterocycles. The van der Waals surface area contributed by atoms with Gasteiger partial charge in [0.25, 0.3) is 0 Å². The van der Waals surface area contributed by atoms with E-state index in [2.05, 4.69) is 12.2 Å². The molecule has 1 atom stereocenters. The molecule has 0 saturated carbocycles. The topological polar surface area (TPSA) is 43.4 Å². The number of thiazole rings is 1. The van der Waals surface area contributed by atoms with Crippen LogP contribution in [0, 0.1) is 0 Å². The van der Waals surface area contributed by atoms with Crippen LogP contribution in [0.2, 0.25) is 0 Å². The van der Waals surface area contributed by atoms with Crippen LogP contribution in [0.3, 0.4) is 0 Å². The molecule has 1 aliphatic carbocycles. The summed E-state index contributed by atoms with van der Waals surface area (Å²) >= 11 is 1.87. The molecule has 0 bridgehead atoms. The van der Waals surface area contributed by atoms with E-state index in [1.54, 1.807) is 7.11 Å². The lowest BCUT2D eigenvalue weighted by Gasteiger charge is -2.22.